The Balaban J connectivity index is 0.00000180. The molecule has 1 aromatic carbocycles. The van der Waals surface area contributed by atoms with Crippen molar-refractivity contribution in [1.29, 1.82) is 0 Å². The van der Waals surface area contributed by atoms with Crippen molar-refractivity contribution in [2.24, 2.45) is 0 Å². The highest BCUT2D eigenvalue weighted by molar-refractivity contribution is 5.85. The summed E-state index contributed by atoms with van der Waals surface area (Å²) in [6.45, 7) is 6.44. The second kappa shape index (κ2) is 7.58. The minimum Gasteiger partial charge on any atom is -0.493 e. The van der Waals surface area contributed by atoms with Crippen LogP contribution >= 0.6 is 12.4 Å². The molecule has 1 aromatic rings. The number of nitrogens with one attached hydrogen (secondary N) is 1. The number of halogens is 1. The van der Waals surface area contributed by atoms with Crippen molar-refractivity contribution in [3.8, 4) is 11.5 Å². The Morgan fingerprint density at radius 3 is 2.63 bits per heavy atom. The summed E-state index contributed by atoms with van der Waals surface area (Å²) in [4.78, 5) is 2.46. The summed E-state index contributed by atoms with van der Waals surface area (Å²) in [5, 5.41) is 3.45. The van der Waals surface area contributed by atoms with E-state index in [1.807, 2.05) is 6.07 Å². The molecule has 0 radical (unpaired) electrons. The molecule has 4 nitrogen and oxygen atoms in total. The van der Waals surface area contributed by atoms with E-state index in [0.29, 0.717) is 6.04 Å². The lowest BCUT2D eigenvalue weighted by molar-refractivity contribution is 0.199. The van der Waals surface area contributed by atoms with Crippen LogP contribution in [0.1, 0.15) is 12.5 Å². The van der Waals surface area contributed by atoms with Gasteiger partial charge in [0.25, 0.3) is 0 Å². The fourth-order valence-electron chi connectivity index (χ4n) is 2.39. The van der Waals surface area contributed by atoms with E-state index in [-0.39, 0.29) is 12.4 Å². The largest absolute Gasteiger partial charge is 0.493 e. The molecule has 0 aromatic heterocycles. The van der Waals surface area contributed by atoms with Crippen molar-refractivity contribution in [1.82, 2.24) is 10.2 Å². The second-order valence-electron chi connectivity index (χ2n) is 4.78. The Hall–Kier alpha value is -0.970. The first-order chi connectivity index (χ1) is 8.72. The van der Waals surface area contributed by atoms with Crippen LogP contribution in [0.15, 0.2) is 18.2 Å². The van der Waals surface area contributed by atoms with Crippen LogP contribution in [0.2, 0.25) is 0 Å². The fraction of sp³-hybridized carbons (Fsp3) is 0.571. The van der Waals surface area contributed by atoms with Gasteiger partial charge >= 0.3 is 0 Å². The molecule has 1 aliphatic rings. The summed E-state index contributed by atoms with van der Waals surface area (Å²) < 4.78 is 10.6. The normalized spacial score (nSPS) is 19.6. The Labute approximate surface area is 121 Å². The molecular formula is C14H23ClN2O2. The van der Waals surface area contributed by atoms with E-state index >= 15 is 0 Å². The lowest BCUT2D eigenvalue weighted by Gasteiger charge is -2.31. The number of benzene rings is 1. The molecule has 0 spiro atoms. The van der Waals surface area contributed by atoms with E-state index in [0.717, 1.165) is 37.7 Å². The number of piperazine rings is 1. The van der Waals surface area contributed by atoms with E-state index in [4.69, 9.17) is 9.47 Å². The number of methoxy groups -OCH3 is 2. The molecule has 2 rings (SSSR count). The maximum atomic E-state index is 5.33. The summed E-state index contributed by atoms with van der Waals surface area (Å²) in [6.07, 6.45) is 0. The first kappa shape index (κ1) is 16.1. The molecule has 108 valence electrons. The molecule has 1 heterocycles. The van der Waals surface area contributed by atoms with Crippen LogP contribution in [-0.2, 0) is 6.54 Å². The van der Waals surface area contributed by atoms with Crippen LogP contribution in [-0.4, -0.2) is 44.8 Å². The summed E-state index contributed by atoms with van der Waals surface area (Å²) >= 11 is 0. The van der Waals surface area contributed by atoms with Gasteiger partial charge in [0.2, 0.25) is 0 Å². The van der Waals surface area contributed by atoms with Crippen LogP contribution in [0.25, 0.3) is 0 Å². The Kier molecular flexibility index (Phi) is 6.42. The molecule has 1 N–H and O–H groups in total. The zero-order valence-electron chi connectivity index (χ0n) is 11.8. The molecule has 19 heavy (non-hydrogen) atoms. The van der Waals surface area contributed by atoms with E-state index in [1.165, 1.54) is 5.56 Å². The number of rotatable bonds is 4. The standard InChI is InChI=1S/C14H22N2O2.ClH/c1-11-9-16(7-6-15-11)10-12-4-5-13(17-2)14(8-12)18-3;/h4-5,8,11,15H,6-7,9-10H2,1-3H3;1H/t11-;/m1./s1. The third-order valence-electron chi connectivity index (χ3n) is 3.31. The summed E-state index contributed by atoms with van der Waals surface area (Å²) in [5.74, 6) is 1.59. The molecule has 0 saturated carbocycles. The van der Waals surface area contributed by atoms with Gasteiger partial charge in [-0.3, -0.25) is 4.90 Å². The molecule has 1 atom stereocenters. The molecule has 0 amide bonds. The summed E-state index contributed by atoms with van der Waals surface area (Å²) in [5.41, 5.74) is 1.27. The maximum Gasteiger partial charge on any atom is 0.161 e. The molecular weight excluding hydrogens is 264 g/mol. The highest BCUT2D eigenvalue weighted by Crippen LogP contribution is 2.28. The van der Waals surface area contributed by atoms with Gasteiger partial charge in [-0.1, -0.05) is 6.07 Å². The van der Waals surface area contributed by atoms with Crippen LogP contribution < -0.4 is 14.8 Å². The third-order valence-corrected chi connectivity index (χ3v) is 3.31. The average Bonchev–Trinajstić information content (AvgIpc) is 2.38. The van der Waals surface area contributed by atoms with Gasteiger partial charge < -0.3 is 14.8 Å². The minimum absolute atomic E-state index is 0. The first-order valence-corrected chi connectivity index (χ1v) is 6.39. The van der Waals surface area contributed by atoms with Gasteiger partial charge in [-0.2, -0.15) is 0 Å². The monoisotopic (exact) mass is 286 g/mol. The van der Waals surface area contributed by atoms with Crippen LogP contribution in [0.3, 0.4) is 0 Å². The smallest absolute Gasteiger partial charge is 0.161 e. The third kappa shape index (κ3) is 4.27. The van der Waals surface area contributed by atoms with Crippen molar-refractivity contribution >= 4 is 12.4 Å². The zero-order valence-corrected chi connectivity index (χ0v) is 12.6. The van der Waals surface area contributed by atoms with Gasteiger partial charge in [0.1, 0.15) is 0 Å². The summed E-state index contributed by atoms with van der Waals surface area (Å²) in [6, 6.07) is 6.71. The van der Waals surface area contributed by atoms with E-state index in [9.17, 15) is 0 Å². The number of ether oxygens (including phenoxy) is 2. The Morgan fingerprint density at radius 1 is 1.26 bits per heavy atom. The minimum atomic E-state index is 0. The molecule has 0 aliphatic carbocycles. The van der Waals surface area contributed by atoms with Gasteiger partial charge in [-0.25, -0.2) is 0 Å². The quantitative estimate of drug-likeness (QED) is 0.917. The van der Waals surface area contributed by atoms with Gasteiger partial charge in [0, 0.05) is 32.2 Å². The number of hydrogen-bond acceptors (Lipinski definition) is 4. The fourth-order valence-corrected chi connectivity index (χ4v) is 2.39. The van der Waals surface area contributed by atoms with Crippen molar-refractivity contribution in [2.75, 3.05) is 33.9 Å². The van der Waals surface area contributed by atoms with Crippen molar-refractivity contribution < 1.29 is 9.47 Å². The maximum absolute atomic E-state index is 5.33. The van der Waals surface area contributed by atoms with Gasteiger partial charge in [0.05, 0.1) is 14.2 Å². The van der Waals surface area contributed by atoms with Gasteiger partial charge in [-0.15, -0.1) is 12.4 Å². The highest BCUT2D eigenvalue weighted by Gasteiger charge is 2.16. The summed E-state index contributed by atoms with van der Waals surface area (Å²) in [7, 11) is 3.34. The van der Waals surface area contributed by atoms with Crippen molar-refractivity contribution in [3.63, 3.8) is 0 Å². The zero-order chi connectivity index (χ0) is 13.0. The number of hydrogen-bond donors (Lipinski definition) is 1. The highest BCUT2D eigenvalue weighted by atomic mass is 35.5. The second-order valence-corrected chi connectivity index (χ2v) is 4.78. The van der Waals surface area contributed by atoms with E-state index in [2.05, 4.69) is 29.3 Å². The lowest BCUT2D eigenvalue weighted by Crippen LogP contribution is -2.48. The SMILES string of the molecule is COc1ccc(CN2CCN[C@H](C)C2)cc1OC.Cl. The van der Waals surface area contributed by atoms with Crippen LogP contribution in [0.5, 0.6) is 11.5 Å². The Bertz CT molecular complexity index is 401. The predicted octanol–water partition coefficient (Wildman–Crippen LogP) is 1.92. The molecule has 1 aliphatic heterocycles. The van der Waals surface area contributed by atoms with Crippen LogP contribution in [0.4, 0.5) is 0 Å². The topological polar surface area (TPSA) is 33.7 Å². The van der Waals surface area contributed by atoms with E-state index in [1.54, 1.807) is 14.2 Å². The molecule has 1 saturated heterocycles. The van der Waals surface area contributed by atoms with Crippen LogP contribution in [0, 0.1) is 0 Å². The van der Waals surface area contributed by atoms with Crippen molar-refractivity contribution in [3.05, 3.63) is 23.8 Å². The van der Waals surface area contributed by atoms with Crippen molar-refractivity contribution in [2.45, 2.75) is 19.5 Å². The molecule has 0 unspecified atom stereocenters. The van der Waals surface area contributed by atoms with E-state index < -0.39 is 0 Å². The van der Waals surface area contributed by atoms with Gasteiger partial charge in [0.15, 0.2) is 11.5 Å². The number of nitrogens with zero attached hydrogens (tertiary/aromatic N) is 1. The first-order valence-electron chi connectivity index (χ1n) is 6.39. The predicted molar refractivity (Wildman–Crippen MR) is 79.5 cm³/mol. The molecule has 1 fully saturated rings. The van der Waals surface area contributed by atoms with Gasteiger partial charge in [-0.05, 0) is 24.6 Å². The molecule has 0 bridgehead atoms. The Morgan fingerprint density at radius 2 is 2.00 bits per heavy atom. The molecule has 5 heteroatoms. The lowest BCUT2D eigenvalue weighted by atomic mass is 10.1. The average molecular weight is 287 g/mol.